The molecular formula is C16H14FN3. The van der Waals surface area contributed by atoms with Crippen LogP contribution in [0.3, 0.4) is 0 Å². The van der Waals surface area contributed by atoms with E-state index in [9.17, 15) is 4.39 Å². The largest absolute Gasteiger partial charge is 0.220 e. The lowest BCUT2D eigenvalue weighted by atomic mass is 10.1. The van der Waals surface area contributed by atoms with Crippen LogP contribution < -0.4 is 0 Å². The van der Waals surface area contributed by atoms with E-state index in [1.165, 1.54) is 11.6 Å². The summed E-state index contributed by atoms with van der Waals surface area (Å²) >= 11 is 0. The Morgan fingerprint density at radius 3 is 2.45 bits per heavy atom. The lowest BCUT2D eigenvalue weighted by Crippen LogP contribution is -1.96. The molecule has 1 heterocycles. The summed E-state index contributed by atoms with van der Waals surface area (Å²) in [5, 5.41) is 8.26. The van der Waals surface area contributed by atoms with Crippen LogP contribution in [0.4, 0.5) is 4.39 Å². The molecule has 0 saturated heterocycles. The molecule has 0 amide bonds. The predicted octanol–water partition coefficient (Wildman–Crippen LogP) is 3.69. The Morgan fingerprint density at radius 2 is 1.75 bits per heavy atom. The SMILES string of the molecule is Cc1ccc(-c2cn(-c3ccc(F)c(C)c3)nn2)cc1. The quantitative estimate of drug-likeness (QED) is 0.709. The van der Waals surface area contributed by atoms with Crippen LogP contribution in [0.25, 0.3) is 16.9 Å². The Labute approximate surface area is 116 Å². The van der Waals surface area contributed by atoms with E-state index < -0.39 is 0 Å². The van der Waals surface area contributed by atoms with E-state index in [1.807, 2.05) is 37.4 Å². The zero-order chi connectivity index (χ0) is 14.1. The second-order valence-corrected chi connectivity index (χ2v) is 4.85. The molecule has 2 aromatic carbocycles. The van der Waals surface area contributed by atoms with Crippen LogP contribution in [0.2, 0.25) is 0 Å². The number of benzene rings is 2. The monoisotopic (exact) mass is 267 g/mol. The standard InChI is InChI=1S/C16H14FN3/c1-11-3-5-13(6-4-11)16-10-20(19-18-16)14-7-8-15(17)12(2)9-14/h3-10H,1-2H3. The first-order valence-corrected chi connectivity index (χ1v) is 6.39. The number of aromatic nitrogens is 3. The van der Waals surface area contributed by atoms with Gasteiger partial charge >= 0.3 is 0 Å². The summed E-state index contributed by atoms with van der Waals surface area (Å²) in [4.78, 5) is 0. The van der Waals surface area contributed by atoms with Crippen molar-refractivity contribution in [2.75, 3.05) is 0 Å². The molecule has 0 aliphatic rings. The van der Waals surface area contributed by atoms with Gasteiger partial charge in [0.1, 0.15) is 11.5 Å². The van der Waals surface area contributed by atoms with E-state index in [0.717, 1.165) is 16.9 Å². The number of hydrogen-bond acceptors (Lipinski definition) is 2. The molecule has 0 atom stereocenters. The van der Waals surface area contributed by atoms with Crippen molar-refractivity contribution in [3.63, 3.8) is 0 Å². The van der Waals surface area contributed by atoms with Crippen molar-refractivity contribution < 1.29 is 4.39 Å². The highest BCUT2D eigenvalue weighted by Gasteiger charge is 2.06. The smallest absolute Gasteiger partial charge is 0.126 e. The molecule has 3 nitrogen and oxygen atoms in total. The summed E-state index contributed by atoms with van der Waals surface area (Å²) in [6.45, 7) is 3.78. The van der Waals surface area contributed by atoms with Gasteiger partial charge in [-0.15, -0.1) is 5.10 Å². The van der Waals surface area contributed by atoms with Crippen LogP contribution in [0.5, 0.6) is 0 Å². The molecule has 100 valence electrons. The maximum absolute atomic E-state index is 13.3. The van der Waals surface area contributed by atoms with Gasteiger partial charge in [-0.05, 0) is 37.6 Å². The number of rotatable bonds is 2. The summed E-state index contributed by atoms with van der Waals surface area (Å²) < 4.78 is 14.9. The normalized spacial score (nSPS) is 10.8. The minimum atomic E-state index is -0.215. The van der Waals surface area contributed by atoms with Gasteiger partial charge in [0.2, 0.25) is 0 Å². The lowest BCUT2D eigenvalue weighted by Gasteiger charge is -2.02. The van der Waals surface area contributed by atoms with Gasteiger partial charge in [0.25, 0.3) is 0 Å². The minimum absolute atomic E-state index is 0.215. The molecule has 0 radical (unpaired) electrons. The minimum Gasteiger partial charge on any atom is -0.220 e. The molecule has 0 aliphatic carbocycles. The van der Waals surface area contributed by atoms with Crippen molar-refractivity contribution in [2.45, 2.75) is 13.8 Å². The molecule has 0 saturated carbocycles. The van der Waals surface area contributed by atoms with Gasteiger partial charge in [-0.2, -0.15) is 0 Å². The summed E-state index contributed by atoms with van der Waals surface area (Å²) in [7, 11) is 0. The second-order valence-electron chi connectivity index (χ2n) is 4.85. The highest BCUT2D eigenvalue weighted by molar-refractivity contribution is 5.58. The van der Waals surface area contributed by atoms with Gasteiger partial charge in [0.15, 0.2) is 0 Å². The first-order valence-electron chi connectivity index (χ1n) is 6.39. The topological polar surface area (TPSA) is 30.7 Å². The van der Waals surface area contributed by atoms with Crippen molar-refractivity contribution >= 4 is 0 Å². The summed E-state index contributed by atoms with van der Waals surface area (Å²) in [5.74, 6) is -0.215. The third kappa shape index (κ3) is 2.32. The fourth-order valence-electron chi connectivity index (χ4n) is 2.02. The maximum Gasteiger partial charge on any atom is 0.126 e. The maximum atomic E-state index is 13.3. The van der Waals surface area contributed by atoms with Gasteiger partial charge in [-0.3, -0.25) is 0 Å². The molecule has 0 unspecified atom stereocenters. The zero-order valence-corrected chi connectivity index (χ0v) is 11.3. The molecule has 3 aromatic rings. The summed E-state index contributed by atoms with van der Waals surface area (Å²) in [6, 6.07) is 13.0. The Hall–Kier alpha value is -2.49. The van der Waals surface area contributed by atoms with E-state index in [4.69, 9.17) is 0 Å². The average Bonchev–Trinajstić information content (AvgIpc) is 2.92. The Bertz CT molecular complexity index is 745. The Balaban J connectivity index is 1.97. The Morgan fingerprint density at radius 1 is 1.00 bits per heavy atom. The molecule has 0 spiro atoms. The zero-order valence-electron chi connectivity index (χ0n) is 11.3. The van der Waals surface area contributed by atoms with E-state index >= 15 is 0 Å². The van der Waals surface area contributed by atoms with Crippen LogP contribution in [-0.4, -0.2) is 15.0 Å². The molecule has 1 aromatic heterocycles. The van der Waals surface area contributed by atoms with Gasteiger partial charge in [0, 0.05) is 5.56 Å². The van der Waals surface area contributed by atoms with E-state index in [1.54, 1.807) is 23.7 Å². The fourth-order valence-corrected chi connectivity index (χ4v) is 2.02. The van der Waals surface area contributed by atoms with Gasteiger partial charge in [-0.1, -0.05) is 35.0 Å². The van der Waals surface area contributed by atoms with E-state index in [2.05, 4.69) is 10.3 Å². The third-order valence-electron chi connectivity index (χ3n) is 3.25. The summed E-state index contributed by atoms with van der Waals surface area (Å²) in [6.07, 6.45) is 1.84. The highest BCUT2D eigenvalue weighted by atomic mass is 19.1. The number of aryl methyl sites for hydroxylation is 2. The number of nitrogens with zero attached hydrogens (tertiary/aromatic N) is 3. The number of hydrogen-bond donors (Lipinski definition) is 0. The molecule has 3 rings (SSSR count). The highest BCUT2D eigenvalue weighted by Crippen LogP contribution is 2.19. The average molecular weight is 267 g/mol. The van der Waals surface area contributed by atoms with Crippen molar-refractivity contribution in [1.29, 1.82) is 0 Å². The molecule has 0 N–H and O–H groups in total. The molecule has 20 heavy (non-hydrogen) atoms. The predicted molar refractivity (Wildman–Crippen MR) is 76.2 cm³/mol. The molecule has 0 bridgehead atoms. The van der Waals surface area contributed by atoms with Crippen LogP contribution in [0.15, 0.2) is 48.7 Å². The fraction of sp³-hybridized carbons (Fsp3) is 0.125. The van der Waals surface area contributed by atoms with Crippen LogP contribution >= 0.6 is 0 Å². The van der Waals surface area contributed by atoms with Crippen molar-refractivity contribution in [1.82, 2.24) is 15.0 Å². The van der Waals surface area contributed by atoms with Gasteiger partial charge in [-0.25, -0.2) is 9.07 Å². The number of halogens is 1. The summed E-state index contributed by atoms with van der Waals surface area (Å²) in [5.41, 5.74) is 4.41. The molecule has 0 fully saturated rings. The van der Waals surface area contributed by atoms with Crippen molar-refractivity contribution in [3.05, 3.63) is 65.6 Å². The van der Waals surface area contributed by atoms with Crippen LogP contribution in [-0.2, 0) is 0 Å². The third-order valence-corrected chi connectivity index (χ3v) is 3.25. The van der Waals surface area contributed by atoms with Crippen LogP contribution in [0.1, 0.15) is 11.1 Å². The molecular weight excluding hydrogens is 253 g/mol. The second kappa shape index (κ2) is 4.89. The van der Waals surface area contributed by atoms with E-state index in [-0.39, 0.29) is 5.82 Å². The van der Waals surface area contributed by atoms with Crippen molar-refractivity contribution in [3.8, 4) is 16.9 Å². The van der Waals surface area contributed by atoms with Gasteiger partial charge < -0.3 is 0 Å². The lowest BCUT2D eigenvalue weighted by molar-refractivity contribution is 0.617. The van der Waals surface area contributed by atoms with E-state index in [0.29, 0.717) is 5.56 Å². The first kappa shape index (κ1) is 12.5. The first-order chi connectivity index (χ1) is 9.63. The molecule has 0 aliphatic heterocycles. The Kier molecular flexibility index (Phi) is 3.06. The van der Waals surface area contributed by atoms with Gasteiger partial charge in [0.05, 0.1) is 11.9 Å². The molecule has 4 heteroatoms. The van der Waals surface area contributed by atoms with Crippen LogP contribution in [0, 0.1) is 19.7 Å². The van der Waals surface area contributed by atoms with Crippen molar-refractivity contribution in [2.24, 2.45) is 0 Å².